The Labute approximate surface area is 121 Å². The highest BCUT2D eigenvalue weighted by atomic mass is 32.1. The van der Waals surface area contributed by atoms with Crippen molar-refractivity contribution in [2.75, 3.05) is 12.4 Å². The molecule has 8 heteroatoms. The number of rotatable bonds is 3. The van der Waals surface area contributed by atoms with Gasteiger partial charge in [-0.15, -0.1) is 11.3 Å². The van der Waals surface area contributed by atoms with Crippen molar-refractivity contribution >= 4 is 28.9 Å². The molecule has 0 aliphatic heterocycles. The van der Waals surface area contributed by atoms with Crippen molar-refractivity contribution in [3.05, 3.63) is 51.5 Å². The van der Waals surface area contributed by atoms with Crippen LogP contribution >= 0.6 is 11.3 Å². The number of hydrogen-bond donors (Lipinski definition) is 1. The van der Waals surface area contributed by atoms with Crippen LogP contribution in [0, 0.1) is 17.5 Å². The van der Waals surface area contributed by atoms with Crippen LogP contribution in [-0.2, 0) is 4.74 Å². The third-order valence-electron chi connectivity index (χ3n) is 2.52. The molecule has 0 saturated heterocycles. The van der Waals surface area contributed by atoms with E-state index < -0.39 is 34.9 Å². The third-order valence-corrected chi connectivity index (χ3v) is 3.41. The molecule has 0 fully saturated rings. The number of hydrogen-bond acceptors (Lipinski definition) is 4. The number of halogens is 3. The van der Waals surface area contributed by atoms with E-state index in [9.17, 15) is 22.8 Å². The summed E-state index contributed by atoms with van der Waals surface area (Å²) in [6, 6.07) is 2.17. The molecule has 0 aliphatic carbocycles. The lowest BCUT2D eigenvalue weighted by atomic mass is 10.1. The van der Waals surface area contributed by atoms with Gasteiger partial charge in [-0.25, -0.2) is 18.0 Å². The minimum Gasteiger partial charge on any atom is -0.465 e. The number of nitrogens with one attached hydrogen (secondary N) is 1. The van der Waals surface area contributed by atoms with Crippen LogP contribution in [0.5, 0.6) is 0 Å². The van der Waals surface area contributed by atoms with Crippen molar-refractivity contribution in [3.8, 4) is 0 Å². The SMILES string of the molecule is COC(=O)c1sccc1NC(=O)c1c(F)cc(F)cc1F. The number of carbonyl (C=O) groups is 2. The van der Waals surface area contributed by atoms with Crippen LogP contribution in [0.15, 0.2) is 23.6 Å². The minimum absolute atomic E-state index is 0.0555. The number of anilines is 1. The van der Waals surface area contributed by atoms with Gasteiger partial charge in [-0.2, -0.15) is 0 Å². The van der Waals surface area contributed by atoms with Crippen molar-refractivity contribution in [2.45, 2.75) is 0 Å². The molecule has 4 nitrogen and oxygen atoms in total. The number of methoxy groups -OCH3 is 1. The Hall–Kier alpha value is -2.35. The van der Waals surface area contributed by atoms with Gasteiger partial charge >= 0.3 is 5.97 Å². The topological polar surface area (TPSA) is 55.4 Å². The Balaban J connectivity index is 2.31. The van der Waals surface area contributed by atoms with E-state index in [0.717, 1.165) is 18.4 Å². The first kappa shape index (κ1) is 15.0. The predicted molar refractivity (Wildman–Crippen MR) is 69.9 cm³/mol. The molecule has 2 rings (SSSR count). The second-order valence-electron chi connectivity index (χ2n) is 3.85. The van der Waals surface area contributed by atoms with E-state index in [1.54, 1.807) is 0 Å². The second kappa shape index (κ2) is 5.96. The number of benzene rings is 1. The molecular formula is C13H8F3NO3S. The summed E-state index contributed by atoms with van der Waals surface area (Å²) < 4.78 is 44.3. The fourth-order valence-electron chi connectivity index (χ4n) is 1.60. The Kier molecular flexibility index (Phi) is 4.27. The van der Waals surface area contributed by atoms with Crippen LogP contribution in [0.4, 0.5) is 18.9 Å². The summed E-state index contributed by atoms with van der Waals surface area (Å²) in [4.78, 5) is 23.4. The van der Waals surface area contributed by atoms with Gasteiger partial charge in [0.15, 0.2) is 0 Å². The molecule has 0 bridgehead atoms. The van der Waals surface area contributed by atoms with Crippen molar-refractivity contribution in [1.29, 1.82) is 0 Å². The van der Waals surface area contributed by atoms with Gasteiger partial charge in [0.25, 0.3) is 5.91 Å². The summed E-state index contributed by atoms with van der Waals surface area (Å²) >= 11 is 0.993. The summed E-state index contributed by atoms with van der Waals surface area (Å²) in [5.41, 5.74) is -0.876. The Morgan fingerprint density at radius 2 is 1.81 bits per heavy atom. The lowest BCUT2D eigenvalue weighted by molar-refractivity contribution is 0.0607. The van der Waals surface area contributed by atoms with Crippen LogP contribution in [-0.4, -0.2) is 19.0 Å². The lowest BCUT2D eigenvalue weighted by Gasteiger charge is -2.07. The van der Waals surface area contributed by atoms with Crippen molar-refractivity contribution in [2.24, 2.45) is 0 Å². The molecule has 0 unspecified atom stereocenters. The molecule has 0 spiro atoms. The van der Waals surface area contributed by atoms with Gasteiger partial charge in [-0.3, -0.25) is 4.79 Å². The highest BCUT2D eigenvalue weighted by Crippen LogP contribution is 2.24. The van der Waals surface area contributed by atoms with Crippen LogP contribution in [0.2, 0.25) is 0 Å². The smallest absolute Gasteiger partial charge is 0.350 e. The maximum atomic E-state index is 13.5. The molecule has 1 heterocycles. The number of thiophene rings is 1. The molecule has 110 valence electrons. The first-order chi connectivity index (χ1) is 9.93. The zero-order valence-corrected chi connectivity index (χ0v) is 11.4. The van der Waals surface area contributed by atoms with Crippen molar-refractivity contribution < 1.29 is 27.5 Å². The van der Waals surface area contributed by atoms with Crippen LogP contribution < -0.4 is 5.32 Å². The highest BCUT2D eigenvalue weighted by Gasteiger charge is 2.22. The molecule has 0 aliphatic rings. The average Bonchev–Trinajstić information content (AvgIpc) is 2.84. The molecule has 0 atom stereocenters. The van der Waals surface area contributed by atoms with Gasteiger partial charge in [-0.05, 0) is 11.4 Å². The molecule has 1 N–H and O–H groups in total. The highest BCUT2D eigenvalue weighted by molar-refractivity contribution is 7.12. The molecule has 21 heavy (non-hydrogen) atoms. The average molecular weight is 315 g/mol. The van der Waals surface area contributed by atoms with Gasteiger partial charge in [0.2, 0.25) is 0 Å². The first-order valence-corrected chi connectivity index (χ1v) is 6.43. The Morgan fingerprint density at radius 3 is 2.38 bits per heavy atom. The molecular weight excluding hydrogens is 307 g/mol. The molecule has 1 aromatic heterocycles. The van der Waals surface area contributed by atoms with Gasteiger partial charge < -0.3 is 10.1 Å². The zero-order valence-electron chi connectivity index (χ0n) is 10.6. The fraction of sp³-hybridized carbons (Fsp3) is 0.0769. The van der Waals surface area contributed by atoms with E-state index >= 15 is 0 Å². The summed E-state index contributed by atoms with van der Waals surface area (Å²) in [5, 5.41) is 3.69. The minimum atomic E-state index is -1.33. The quantitative estimate of drug-likeness (QED) is 0.885. The number of amides is 1. The summed E-state index contributed by atoms with van der Waals surface area (Å²) in [6.45, 7) is 0. The largest absolute Gasteiger partial charge is 0.465 e. The third kappa shape index (κ3) is 3.05. The van der Waals surface area contributed by atoms with Crippen molar-refractivity contribution in [1.82, 2.24) is 0 Å². The Bertz CT molecular complexity index is 691. The number of carbonyl (C=O) groups excluding carboxylic acids is 2. The second-order valence-corrected chi connectivity index (χ2v) is 4.77. The lowest BCUT2D eigenvalue weighted by Crippen LogP contribution is -2.17. The number of esters is 1. The normalized spacial score (nSPS) is 10.3. The van der Waals surface area contributed by atoms with Gasteiger partial charge in [0.05, 0.1) is 12.8 Å². The van der Waals surface area contributed by atoms with Gasteiger partial charge in [0.1, 0.15) is 27.9 Å². The van der Waals surface area contributed by atoms with Crippen LogP contribution in [0.1, 0.15) is 20.0 Å². The maximum absolute atomic E-state index is 13.5. The summed E-state index contributed by atoms with van der Waals surface area (Å²) in [6.07, 6.45) is 0. The first-order valence-electron chi connectivity index (χ1n) is 5.55. The van der Waals surface area contributed by atoms with E-state index in [-0.39, 0.29) is 10.6 Å². The summed E-state index contributed by atoms with van der Waals surface area (Å²) in [7, 11) is 1.16. The Morgan fingerprint density at radius 1 is 1.19 bits per heavy atom. The van der Waals surface area contributed by atoms with E-state index in [1.165, 1.54) is 11.4 Å². The van der Waals surface area contributed by atoms with Gasteiger partial charge in [0, 0.05) is 12.1 Å². The molecule has 1 amide bonds. The van der Waals surface area contributed by atoms with Crippen LogP contribution in [0.3, 0.4) is 0 Å². The summed E-state index contributed by atoms with van der Waals surface area (Å²) in [5.74, 6) is -5.62. The van der Waals surface area contributed by atoms with Gasteiger partial charge in [-0.1, -0.05) is 0 Å². The van der Waals surface area contributed by atoms with Crippen molar-refractivity contribution in [3.63, 3.8) is 0 Å². The van der Waals surface area contributed by atoms with E-state index in [4.69, 9.17) is 0 Å². The molecule has 0 saturated carbocycles. The fourth-order valence-corrected chi connectivity index (χ4v) is 2.37. The van der Waals surface area contributed by atoms with Crippen LogP contribution in [0.25, 0.3) is 0 Å². The molecule has 2 aromatic rings. The molecule has 1 aromatic carbocycles. The number of ether oxygens (including phenoxy) is 1. The van der Waals surface area contributed by atoms with E-state index in [1.807, 2.05) is 0 Å². The van der Waals surface area contributed by atoms with E-state index in [2.05, 4.69) is 10.1 Å². The maximum Gasteiger partial charge on any atom is 0.350 e. The monoisotopic (exact) mass is 315 g/mol. The standard InChI is InChI=1S/C13H8F3NO3S/c1-20-13(19)11-9(2-3-21-11)17-12(18)10-7(15)4-6(14)5-8(10)16/h2-5H,1H3,(H,17,18). The van der Waals surface area contributed by atoms with E-state index in [0.29, 0.717) is 12.1 Å². The molecule has 0 radical (unpaired) electrons. The predicted octanol–water partition coefficient (Wildman–Crippen LogP) is 3.20. The zero-order chi connectivity index (χ0) is 15.6.